The van der Waals surface area contributed by atoms with Gasteiger partial charge in [-0.2, -0.15) is 0 Å². The first-order valence-electron chi connectivity index (χ1n) is 12.7. The van der Waals surface area contributed by atoms with Crippen molar-refractivity contribution < 1.29 is 24.0 Å². The Labute approximate surface area is 219 Å². The van der Waals surface area contributed by atoms with Crippen LogP contribution < -0.4 is 21.3 Å². The summed E-state index contributed by atoms with van der Waals surface area (Å²) in [5.74, 6) is -0.590. The van der Waals surface area contributed by atoms with E-state index in [0.717, 1.165) is 37.4 Å². The van der Waals surface area contributed by atoms with Crippen molar-refractivity contribution in [1.29, 1.82) is 0 Å². The minimum Gasteiger partial charge on any atom is -0.384 e. The summed E-state index contributed by atoms with van der Waals surface area (Å²) in [6, 6.07) is 11.7. The molecular formula is C27H30N6O5. The number of imide groups is 1. The van der Waals surface area contributed by atoms with Crippen LogP contribution in [0.4, 0.5) is 11.4 Å². The van der Waals surface area contributed by atoms with Crippen LogP contribution in [0, 0.1) is 5.92 Å². The molecule has 0 radical (unpaired) electrons. The van der Waals surface area contributed by atoms with Gasteiger partial charge < -0.3 is 25.8 Å². The highest BCUT2D eigenvalue weighted by Crippen LogP contribution is 2.32. The fourth-order valence-electron chi connectivity index (χ4n) is 5.21. The van der Waals surface area contributed by atoms with Gasteiger partial charge in [-0.15, -0.1) is 0 Å². The van der Waals surface area contributed by atoms with Crippen LogP contribution in [-0.4, -0.2) is 78.6 Å². The van der Waals surface area contributed by atoms with Gasteiger partial charge in [0.1, 0.15) is 6.04 Å². The Balaban J connectivity index is 1.05. The lowest BCUT2D eigenvalue weighted by Crippen LogP contribution is -2.52. The SMILES string of the molecule is O=CNc1ccc(C(=O)NCCN2CC(CNc3cccc4c3CN(C3CCC(=O)NC3=O)C4=O)C2)cc1. The Morgan fingerprint density at radius 2 is 1.87 bits per heavy atom. The zero-order valence-corrected chi connectivity index (χ0v) is 20.9. The van der Waals surface area contributed by atoms with Gasteiger partial charge in [0.05, 0.1) is 0 Å². The standard InChI is InChI=1S/C27H30N6O5/c34-16-30-19-6-4-18(5-7-19)25(36)28-10-11-32-13-17(14-32)12-29-22-3-1-2-20-21(22)15-33(27(20)38)23-8-9-24(35)31-26(23)37/h1-7,16-17,23,29H,8-15H2,(H,28,36)(H,30,34)(H,31,35,37). The molecule has 38 heavy (non-hydrogen) atoms. The third-order valence-electron chi connectivity index (χ3n) is 7.28. The van der Waals surface area contributed by atoms with E-state index >= 15 is 0 Å². The van der Waals surface area contributed by atoms with Gasteiger partial charge in [0.25, 0.3) is 11.8 Å². The van der Waals surface area contributed by atoms with Gasteiger partial charge in [0.15, 0.2) is 0 Å². The number of nitrogens with zero attached hydrogens (tertiary/aromatic N) is 2. The summed E-state index contributed by atoms with van der Waals surface area (Å²) >= 11 is 0. The number of hydrogen-bond acceptors (Lipinski definition) is 7. The lowest BCUT2D eigenvalue weighted by atomic mass is 9.99. The summed E-state index contributed by atoms with van der Waals surface area (Å²) in [6.07, 6.45) is 1.17. The topological polar surface area (TPSA) is 140 Å². The smallest absolute Gasteiger partial charge is 0.255 e. The highest BCUT2D eigenvalue weighted by Gasteiger charge is 2.40. The molecule has 3 aliphatic rings. The van der Waals surface area contributed by atoms with Gasteiger partial charge in [-0.3, -0.25) is 29.3 Å². The molecule has 3 aliphatic heterocycles. The second-order valence-electron chi connectivity index (χ2n) is 9.83. The number of nitrogens with one attached hydrogen (secondary N) is 4. The highest BCUT2D eigenvalue weighted by atomic mass is 16.2. The normalized spacial score (nSPS) is 19.4. The van der Waals surface area contributed by atoms with Crippen LogP contribution in [0.15, 0.2) is 42.5 Å². The van der Waals surface area contributed by atoms with E-state index in [1.54, 1.807) is 35.2 Å². The fourth-order valence-corrected chi connectivity index (χ4v) is 5.21. The van der Waals surface area contributed by atoms with E-state index in [-0.39, 0.29) is 24.1 Å². The maximum absolute atomic E-state index is 13.0. The van der Waals surface area contributed by atoms with Crippen molar-refractivity contribution >= 4 is 41.4 Å². The van der Waals surface area contributed by atoms with Gasteiger partial charge in [0, 0.05) is 79.7 Å². The highest BCUT2D eigenvalue weighted by molar-refractivity contribution is 6.06. The quantitative estimate of drug-likeness (QED) is 0.269. The van der Waals surface area contributed by atoms with Crippen molar-refractivity contribution in [1.82, 2.24) is 20.4 Å². The summed E-state index contributed by atoms with van der Waals surface area (Å²) in [7, 11) is 0. The van der Waals surface area contributed by atoms with E-state index in [4.69, 9.17) is 0 Å². The van der Waals surface area contributed by atoms with E-state index in [1.165, 1.54) is 0 Å². The minimum absolute atomic E-state index is 0.153. The molecule has 5 amide bonds. The first kappa shape index (κ1) is 25.4. The first-order valence-corrected chi connectivity index (χ1v) is 12.7. The van der Waals surface area contributed by atoms with Crippen LogP contribution in [0.2, 0.25) is 0 Å². The predicted molar refractivity (Wildman–Crippen MR) is 139 cm³/mol. The number of rotatable bonds is 10. The molecule has 11 heteroatoms. The third-order valence-corrected chi connectivity index (χ3v) is 7.28. The van der Waals surface area contributed by atoms with Crippen LogP contribution in [0.1, 0.15) is 39.1 Å². The van der Waals surface area contributed by atoms with Gasteiger partial charge in [-0.05, 0) is 42.8 Å². The van der Waals surface area contributed by atoms with Crippen molar-refractivity contribution in [2.24, 2.45) is 5.92 Å². The third kappa shape index (κ3) is 5.37. The number of hydrogen-bond donors (Lipinski definition) is 4. The number of fused-ring (bicyclic) bond motifs is 1. The average Bonchev–Trinajstić information content (AvgIpc) is 3.22. The Bertz CT molecular complexity index is 1260. The summed E-state index contributed by atoms with van der Waals surface area (Å²) in [6.45, 7) is 4.21. The molecule has 0 spiro atoms. The minimum atomic E-state index is -0.625. The van der Waals surface area contributed by atoms with Crippen LogP contribution in [0.5, 0.6) is 0 Å². The van der Waals surface area contributed by atoms with Crippen molar-refractivity contribution in [2.45, 2.75) is 25.4 Å². The molecule has 198 valence electrons. The van der Waals surface area contributed by atoms with Gasteiger partial charge in [-0.25, -0.2) is 0 Å². The van der Waals surface area contributed by atoms with Crippen LogP contribution >= 0.6 is 0 Å². The molecule has 0 saturated carbocycles. The zero-order valence-electron chi connectivity index (χ0n) is 20.9. The summed E-state index contributed by atoms with van der Waals surface area (Å²) in [5, 5.41) is 11.3. The molecule has 2 saturated heterocycles. The van der Waals surface area contributed by atoms with Gasteiger partial charge >= 0.3 is 0 Å². The zero-order chi connectivity index (χ0) is 26.6. The van der Waals surface area contributed by atoms with Gasteiger partial charge in [-0.1, -0.05) is 6.07 Å². The Kier molecular flexibility index (Phi) is 7.36. The Morgan fingerprint density at radius 1 is 1.08 bits per heavy atom. The second-order valence-corrected chi connectivity index (χ2v) is 9.83. The molecule has 4 N–H and O–H groups in total. The molecule has 11 nitrogen and oxygen atoms in total. The Hall–Kier alpha value is -4.25. The number of carbonyl (C=O) groups excluding carboxylic acids is 5. The summed E-state index contributed by atoms with van der Waals surface area (Å²) in [5.41, 5.74) is 3.55. The van der Waals surface area contributed by atoms with Crippen molar-refractivity contribution in [3.63, 3.8) is 0 Å². The first-order chi connectivity index (χ1) is 18.4. The fraction of sp³-hybridized carbons (Fsp3) is 0.370. The molecule has 2 aromatic carbocycles. The van der Waals surface area contributed by atoms with E-state index in [0.29, 0.717) is 48.7 Å². The summed E-state index contributed by atoms with van der Waals surface area (Å²) in [4.78, 5) is 63.4. The van der Waals surface area contributed by atoms with E-state index in [2.05, 4.69) is 26.2 Å². The molecule has 2 aromatic rings. The molecule has 1 unspecified atom stereocenters. The number of benzene rings is 2. The van der Waals surface area contributed by atoms with Crippen molar-refractivity contribution in [2.75, 3.05) is 43.4 Å². The van der Waals surface area contributed by atoms with E-state index in [9.17, 15) is 24.0 Å². The maximum atomic E-state index is 13.0. The van der Waals surface area contributed by atoms with Crippen LogP contribution in [-0.2, 0) is 20.9 Å². The predicted octanol–water partition coefficient (Wildman–Crippen LogP) is 0.790. The van der Waals surface area contributed by atoms with Gasteiger partial charge in [0.2, 0.25) is 18.2 Å². The maximum Gasteiger partial charge on any atom is 0.255 e. The number of piperidine rings is 1. The van der Waals surface area contributed by atoms with Crippen LogP contribution in [0.3, 0.4) is 0 Å². The lowest BCUT2D eigenvalue weighted by molar-refractivity contribution is -0.136. The Morgan fingerprint density at radius 3 is 2.61 bits per heavy atom. The van der Waals surface area contributed by atoms with Crippen LogP contribution in [0.25, 0.3) is 0 Å². The molecule has 0 aliphatic carbocycles. The molecule has 5 rings (SSSR count). The average molecular weight is 519 g/mol. The molecule has 1 atom stereocenters. The number of anilines is 2. The van der Waals surface area contributed by atoms with Crippen molar-refractivity contribution in [3.05, 3.63) is 59.2 Å². The molecule has 2 fully saturated rings. The lowest BCUT2D eigenvalue weighted by Gasteiger charge is -2.39. The second kappa shape index (κ2) is 11.0. The number of amides is 5. The largest absolute Gasteiger partial charge is 0.384 e. The van der Waals surface area contributed by atoms with Crippen molar-refractivity contribution in [3.8, 4) is 0 Å². The van der Waals surface area contributed by atoms with E-state index in [1.807, 2.05) is 12.1 Å². The summed E-state index contributed by atoms with van der Waals surface area (Å²) < 4.78 is 0. The number of carbonyl (C=O) groups is 5. The molecule has 3 heterocycles. The van der Waals surface area contributed by atoms with E-state index < -0.39 is 11.9 Å². The monoisotopic (exact) mass is 518 g/mol. The number of likely N-dealkylation sites (tertiary alicyclic amines) is 1. The molecule has 0 aromatic heterocycles. The molecule has 0 bridgehead atoms. The molecular weight excluding hydrogens is 488 g/mol.